The first-order chi connectivity index (χ1) is 19.2. The number of hydrogen-bond acceptors (Lipinski definition) is 6. The van der Waals surface area contributed by atoms with Gasteiger partial charge in [-0.05, 0) is 87.9 Å². The Bertz CT molecular complexity index is 1460. The molecular formula is C32H38F2N2O5. The van der Waals surface area contributed by atoms with Gasteiger partial charge in [0.05, 0.1) is 25.3 Å². The molecular weight excluding hydrogens is 530 g/mol. The SMILES string of the molecule is COC(=O)c1ccc(C2CC3(CCN2Cc2c(OC)cc(C)c4c2ccn4C(=O)OC(C)(C)C)CC(F)(F)C3)cc1. The summed E-state index contributed by atoms with van der Waals surface area (Å²) in [7, 11) is 2.96. The summed E-state index contributed by atoms with van der Waals surface area (Å²) in [4.78, 5) is 27.4. The Hall–Kier alpha value is -3.46. The van der Waals surface area contributed by atoms with Crippen LogP contribution in [0.15, 0.2) is 42.6 Å². The van der Waals surface area contributed by atoms with Gasteiger partial charge < -0.3 is 14.2 Å². The molecule has 1 aliphatic carbocycles. The quantitative estimate of drug-likeness (QED) is 0.301. The molecule has 2 aromatic carbocycles. The van der Waals surface area contributed by atoms with Gasteiger partial charge in [0.2, 0.25) is 5.92 Å². The summed E-state index contributed by atoms with van der Waals surface area (Å²) in [6, 6.07) is 10.9. The molecule has 0 amide bonds. The third kappa shape index (κ3) is 5.69. The lowest BCUT2D eigenvalue weighted by Gasteiger charge is -2.54. The number of ether oxygens (including phenoxy) is 3. The van der Waals surface area contributed by atoms with E-state index < -0.39 is 29.0 Å². The van der Waals surface area contributed by atoms with Gasteiger partial charge >= 0.3 is 12.1 Å². The van der Waals surface area contributed by atoms with Crippen molar-refractivity contribution in [2.24, 2.45) is 5.41 Å². The number of rotatable bonds is 5. The van der Waals surface area contributed by atoms with Crippen LogP contribution in [0.5, 0.6) is 5.75 Å². The molecule has 220 valence electrons. The van der Waals surface area contributed by atoms with Crippen LogP contribution in [0.1, 0.15) is 79.5 Å². The van der Waals surface area contributed by atoms with Crippen molar-refractivity contribution in [1.82, 2.24) is 9.47 Å². The smallest absolute Gasteiger partial charge is 0.419 e. The molecule has 1 aliphatic heterocycles. The fraction of sp³-hybridized carbons (Fsp3) is 0.500. The summed E-state index contributed by atoms with van der Waals surface area (Å²) < 4.78 is 46.0. The van der Waals surface area contributed by atoms with Gasteiger partial charge in [0.25, 0.3) is 0 Å². The van der Waals surface area contributed by atoms with Gasteiger partial charge in [-0.2, -0.15) is 0 Å². The van der Waals surface area contributed by atoms with E-state index in [0.717, 1.165) is 27.6 Å². The van der Waals surface area contributed by atoms with Gasteiger partial charge in [0, 0.05) is 42.6 Å². The first-order valence-electron chi connectivity index (χ1n) is 14.0. The second kappa shape index (κ2) is 10.4. The summed E-state index contributed by atoms with van der Waals surface area (Å²) in [6.45, 7) is 8.55. The average Bonchev–Trinajstić information content (AvgIpc) is 3.35. The Balaban J connectivity index is 1.52. The fourth-order valence-electron chi connectivity index (χ4n) is 6.60. The maximum atomic E-state index is 14.1. The predicted molar refractivity (Wildman–Crippen MR) is 152 cm³/mol. The number of esters is 1. The predicted octanol–water partition coefficient (Wildman–Crippen LogP) is 7.28. The number of methoxy groups -OCH3 is 2. The molecule has 3 aromatic rings. The number of carbonyl (C=O) groups excluding carboxylic acids is 2. The molecule has 9 heteroatoms. The van der Waals surface area contributed by atoms with Crippen LogP contribution in [0, 0.1) is 12.3 Å². The Kier molecular flexibility index (Phi) is 7.39. The fourth-order valence-corrected chi connectivity index (χ4v) is 6.60. The van der Waals surface area contributed by atoms with Gasteiger partial charge in [-0.25, -0.2) is 18.4 Å². The standard InChI is InChI=1S/C32H38F2N2O5/c1-20-15-26(39-5)24(23-11-13-36(27(20)23)29(38)41-30(2,3)4)17-35-14-12-31(18-32(33,34)19-31)16-25(35)21-7-9-22(10-8-21)28(37)40-6/h7-11,13,15,25H,12,14,16-19H2,1-6H3. The molecule has 1 spiro atoms. The molecule has 0 bridgehead atoms. The second-order valence-corrected chi connectivity index (χ2v) is 12.6. The molecule has 7 nitrogen and oxygen atoms in total. The van der Waals surface area contributed by atoms with E-state index in [1.54, 1.807) is 25.4 Å². The Morgan fingerprint density at radius 1 is 1.07 bits per heavy atom. The summed E-state index contributed by atoms with van der Waals surface area (Å²) in [5.41, 5.74) is 2.89. The lowest BCUT2D eigenvalue weighted by atomic mass is 9.59. The topological polar surface area (TPSA) is 70.0 Å². The minimum absolute atomic E-state index is 0.0958. The molecule has 2 aliphatic rings. The average molecular weight is 569 g/mol. The Morgan fingerprint density at radius 3 is 2.34 bits per heavy atom. The van der Waals surface area contributed by atoms with E-state index in [1.807, 2.05) is 52.0 Å². The number of aryl methyl sites for hydroxylation is 1. The van der Waals surface area contributed by atoms with Crippen LogP contribution in [0.25, 0.3) is 10.9 Å². The zero-order valence-electron chi connectivity index (χ0n) is 24.6. The number of halogens is 2. The van der Waals surface area contributed by atoms with Crippen LogP contribution in [-0.2, 0) is 16.0 Å². The monoisotopic (exact) mass is 568 g/mol. The number of benzene rings is 2. The largest absolute Gasteiger partial charge is 0.496 e. The van der Waals surface area contributed by atoms with E-state index in [1.165, 1.54) is 11.7 Å². The van der Waals surface area contributed by atoms with Crippen molar-refractivity contribution in [3.8, 4) is 5.75 Å². The Morgan fingerprint density at radius 2 is 1.76 bits per heavy atom. The summed E-state index contributed by atoms with van der Waals surface area (Å²) >= 11 is 0. The summed E-state index contributed by atoms with van der Waals surface area (Å²) in [5, 5.41) is 0.878. The molecule has 2 heterocycles. The number of aromatic nitrogens is 1. The number of nitrogens with zero attached hydrogens (tertiary/aromatic N) is 2. The highest BCUT2D eigenvalue weighted by atomic mass is 19.3. The first-order valence-corrected chi connectivity index (χ1v) is 14.0. The molecule has 5 rings (SSSR count). The summed E-state index contributed by atoms with van der Waals surface area (Å²) in [6.07, 6.45) is 2.34. The molecule has 1 atom stereocenters. The Labute approximate surface area is 239 Å². The van der Waals surface area contributed by atoms with Crippen molar-refractivity contribution < 1.29 is 32.6 Å². The number of likely N-dealkylation sites (tertiary alicyclic amines) is 1. The number of alkyl halides is 2. The molecule has 1 saturated carbocycles. The molecule has 1 unspecified atom stereocenters. The minimum atomic E-state index is -2.61. The molecule has 2 fully saturated rings. The van der Waals surface area contributed by atoms with Crippen molar-refractivity contribution in [2.75, 3.05) is 20.8 Å². The van der Waals surface area contributed by atoms with Crippen molar-refractivity contribution in [3.63, 3.8) is 0 Å². The van der Waals surface area contributed by atoms with Gasteiger partial charge in [0.1, 0.15) is 11.4 Å². The molecule has 1 saturated heterocycles. The lowest BCUT2D eigenvalue weighted by molar-refractivity contribution is -0.186. The van der Waals surface area contributed by atoms with E-state index in [4.69, 9.17) is 14.2 Å². The highest BCUT2D eigenvalue weighted by molar-refractivity contribution is 5.95. The van der Waals surface area contributed by atoms with Crippen LogP contribution >= 0.6 is 0 Å². The van der Waals surface area contributed by atoms with Crippen LogP contribution in [0.2, 0.25) is 0 Å². The van der Waals surface area contributed by atoms with E-state index in [0.29, 0.717) is 37.2 Å². The highest BCUT2D eigenvalue weighted by Gasteiger charge is 2.58. The van der Waals surface area contributed by atoms with Crippen molar-refractivity contribution >= 4 is 23.0 Å². The maximum Gasteiger partial charge on any atom is 0.419 e. The number of fused-ring (bicyclic) bond motifs is 1. The first kappa shape index (κ1) is 29.0. The second-order valence-electron chi connectivity index (χ2n) is 12.6. The van der Waals surface area contributed by atoms with Gasteiger partial charge in [-0.1, -0.05) is 12.1 Å². The molecule has 1 aromatic heterocycles. The summed E-state index contributed by atoms with van der Waals surface area (Å²) in [5.74, 6) is -2.33. The zero-order chi connectivity index (χ0) is 29.7. The van der Waals surface area contributed by atoms with E-state index in [-0.39, 0.29) is 18.9 Å². The van der Waals surface area contributed by atoms with Crippen molar-refractivity contribution in [2.45, 2.75) is 77.5 Å². The molecule has 41 heavy (non-hydrogen) atoms. The molecule has 0 radical (unpaired) electrons. The third-order valence-corrected chi connectivity index (χ3v) is 8.38. The van der Waals surface area contributed by atoms with Gasteiger partial charge in [-0.15, -0.1) is 0 Å². The van der Waals surface area contributed by atoms with Crippen molar-refractivity contribution in [1.29, 1.82) is 0 Å². The number of piperidine rings is 1. The normalized spacial score (nSPS) is 20.0. The molecule has 0 N–H and O–H groups in total. The lowest BCUT2D eigenvalue weighted by Crippen LogP contribution is -2.53. The van der Waals surface area contributed by atoms with Gasteiger partial charge in [0.15, 0.2) is 0 Å². The number of hydrogen-bond donors (Lipinski definition) is 0. The van der Waals surface area contributed by atoms with E-state index in [9.17, 15) is 18.4 Å². The van der Waals surface area contributed by atoms with Crippen LogP contribution in [0.4, 0.5) is 13.6 Å². The van der Waals surface area contributed by atoms with Crippen LogP contribution in [0.3, 0.4) is 0 Å². The number of carbonyl (C=O) groups is 2. The minimum Gasteiger partial charge on any atom is -0.496 e. The third-order valence-electron chi connectivity index (χ3n) is 8.38. The van der Waals surface area contributed by atoms with Crippen molar-refractivity contribution in [3.05, 3.63) is 64.8 Å². The highest BCUT2D eigenvalue weighted by Crippen LogP contribution is 2.60. The maximum absolute atomic E-state index is 14.1. The van der Waals surface area contributed by atoms with Crippen LogP contribution in [-0.4, -0.2) is 53.8 Å². The zero-order valence-corrected chi connectivity index (χ0v) is 24.6. The van der Waals surface area contributed by atoms with E-state index in [2.05, 4.69) is 4.90 Å². The van der Waals surface area contributed by atoms with E-state index >= 15 is 0 Å². The van der Waals surface area contributed by atoms with Gasteiger partial charge in [-0.3, -0.25) is 9.47 Å². The van der Waals surface area contributed by atoms with Crippen LogP contribution < -0.4 is 4.74 Å².